The molecule has 2 aromatic heterocycles. The molecule has 0 radical (unpaired) electrons. The van der Waals surface area contributed by atoms with Gasteiger partial charge in [0.05, 0.1) is 18.3 Å². The first-order valence-electron chi connectivity index (χ1n) is 6.94. The molecule has 2 aliphatic rings. The van der Waals surface area contributed by atoms with Crippen molar-refractivity contribution < 1.29 is 4.79 Å². The standard InChI is InChI=1S/C13H14N6OS/c20-12(9-7-14-3-4-15-9)18-5-1-11-10(18)2-6-19(11)13-17-16-8-21-13/h3-4,7-8,10-11H,1-2,5-6H2/t10-,11+/m1/s1. The Morgan fingerprint density at radius 2 is 2.14 bits per heavy atom. The minimum Gasteiger partial charge on any atom is -0.341 e. The molecule has 0 aromatic carbocycles. The van der Waals surface area contributed by atoms with E-state index >= 15 is 0 Å². The predicted molar refractivity (Wildman–Crippen MR) is 77.1 cm³/mol. The van der Waals surface area contributed by atoms with Gasteiger partial charge < -0.3 is 9.80 Å². The van der Waals surface area contributed by atoms with Crippen LogP contribution in [0.25, 0.3) is 0 Å². The second-order valence-corrected chi connectivity index (χ2v) is 6.03. The van der Waals surface area contributed by atoms with Crippen molar-refractivity contribution in [2.24, 2.45) is 0 Å². The number of carbonyl (C=O) groups is 1. The SMILES string of the molecule is O=C(c1cnccn1)N1CC[C@H]2[C@H]1CCN2c1nncs1. The molecule has 8 heteroatoms. The van der Waals surface area contributed by atoms with Crippen LogP contribution < -0.4 is 4.90 Å². The van der Waals surface area contributed by atoms with Crippen LogP contribution in [-0.4, -0.2) is 56.1 Å². The molecule has 0 unspecified atom stereocenters. The monoisotopic (exact) mass is 302 g/mol. The Labute approximate surface area is 125 Å². The van der Waals surface area contributed by atoms with Crippen LogP contribution in [0.1, 0.15) is 23.3 Å². The number of hydrogen-bond donors (Lipinski definition) is 0. The van der Waals surface area contributed by atoms with Crippen LogP contribution in [0.4, 0.5) is 5.13 Å². The maximum absolute atomic E-state index is 12.6. The Morgan fingerprint density at radius 3 is 2.90 bits per heavy atom. The topological polar surface area (TPSA) is 75.1 Å². The number of hydrogen-bond acceptors (Lipinski definition) is 7. The number of aromatic nitrogens is 4. The van der Waals surface area contributed by atoms with Gasteiger partial charge in [-0.2, -0.15) is 0 Å². The molecular weight excluding hydrogens is 288 g/mol. The molecule has 4 rings (SSSR count). The van der Waals surface area contributed by atoms with Gasteiger partial charge in [-0.15, -0.1) is 10.2 Å². The van der Waals surface area contributed by atoms with Crippen molar-refractivity contribution in [2.75, 3.05) is 18.0 Å². The van der Waals surface area contributed by atoms with Crippen molar-refractivity contribution in [3.8, 4) is 0 Å². The molecule has 21 heavy (non-hydrogen) atoms. The van der Waals surface area contributed by atoms with E-state index in [4.69, 9.17) is 0 Å². The molecule has 2 aromatic rings. The number of fused-ring (bicyclic) bond motifs is 1. The van der Waals surface area contributed by atoms with E-state index in [0.717, 1.165) is 31.1 Å². The smallest absolute Gasteiger partial charge is 0.274 e. The second kappa shape index (κ2) is 5.03. The second-order valence-electron chi connectivity index (χ2n) is 5.22. The first kappa shape index (κ1) is 12.6. The quantitative estimate of drug-likeness (QED) is 0.817. The molecule has 0 aliphatic carbocycles. The van der Waals surface area contributed by atoms with Gasteiger partial charge in [-0.1, -0.05) is 11.3 Å². The number of rotatable bonds is 2. The van der Waals surface area contributed by atoms with Crippen LogP contribution in [0.5, 0.6) is 0 Å². The van der Waals surface area contributed by atoms with Crippen LogP contribution in [0, 0.1) is 0 Å². The molecule has 108 valence electrons. The van der Waals surface area contributed by atoms with Crippen molar-refractivity contribution in [1.82, 2.24) is 25.1 Å². The van der Waals surface area contributed by atoms with Gasteiger partial charge >= 0.3 is 0 Å². The molecule has 0 bridgehead atoms. The van der Waals surface area contributed by atoms with Crippen molar-refractivity contribution >= 4 is 22.4 Å². The van der Waals surface area contributed by atoms with E-state index in [9.17, 15) is 4.79 Å². The normalized spacial score (nSPS) is 24.4. The van der Waals surface area contributed by atoms with Crippen molar-refractivity contribution in [1.29, 1.82) is 0 Å². The Kier molecular flexibility index (Phi) is 3.03. The average molecular weight is 302 g/mol. The first-order chi connectivity index (χ1) is 10.3. The summed E-state index contributed by atoms with van der Waals surface area (Å²) >= 11 is 1.55. The number of carbonyl (C=O) groups excluding carboxylic acids is 1. The van der Waals surface area contributed by atoms with Gasteiger partial charge in [0.1, 0.15) is 11.2 Å². The summed E-state index contributed by atoms with van der Waals surface area (Å²) in [6.45, 7) is 1.69. The molecule has 0 N–H and O–H groups in total. The summed E-state index contributed by atoms with van der Waals surface area (Å²) in [5, 5.41) is 9.02. The van der Waals surface area contributed by atoms with Gasteiger partial charge in [-0.3, -0.25) is 9.78 Å². The van der Waals surface area contributed by atoms with E-state index in [-0.39, 0.29) is 11.9 Å². The predicted octanol–water partition coefficient (Wildman–Crippen LogP) is 0.821. The zero-order chi connectivity index (χ0) is 14.2. The third kappa shape index (κ3) is 2.06. The Hall–Kier alpha value is -2.09. The van der Waals surface area contributed by atoms with Crippen LogP contribution in [0.3, 0.4) is 0 Å². The zero-order valence-corrected chi connectivity index (χ0v) is 12.1. The van der Waals surface area contributed by atoms with Gasteiger partial charge in [-0.25, -0.2) is 4.98 Å². The molecule has 2 fully saturated rings. The van der Waals surface area contributed by atoms with Gasteiger partial charge in [0.25, 0.3) is 5.91 Å². The Balaban J connectivity index is 1.55. The lowest BCUT2D eigenvalue weighted by atomic mass is 10.1. The van der Waals surface area contributed by atoms with E-state index in [1.165, 1.54) is 6.20 Å². The van der Waals surface area contributed by atoms with Gasteiger partial charge in [0.15, 0.2) is 0 Å². The van der Waals surface area contributed by atoms with Gasteiger partial charge in [0, 0.05) is 25.5 Å². The maximum Gasteiger partial charge on any atom is 0.274 e. The van der Waals surface area contributed by atoms with Crippen molar-refractivity contribution in [2.45, 2.75) is 24.9 Å². The highest BCUT2D eigenvalue weighted by atomic mass is 32.1. The highest BCUT2D eigenvalue weighted by Crippen LogP contribution is 2.35. The summed E-state index contributed by atoms with van der Waals surface area (Å²) in [5.74, 6) is -0.0188. The van der Waals surface area contributed by atoms with Crippen LogP contribution in [-0.2, 0) is 0 Å². The fourth-order valence-electron chi connectivity index (χ4n) is 3.32. The lowest BCUT2D eigenvalue weighted by Gasteiger charge is -2.24. The lowest BCUT2D eigenvalue weighted by Crippen LogP contribution is -2.40. The van der Waals surface area contributed by atoms with Crippen LogP contribution >= 0.6 is 11.3 Å². The molecule has 1 amide bonds. The third-order valence-corrected chi connectivity index (χ3v) is 4.94. The molecule has 2 saturated heterocycles. The van der Waals surface area contributed by atoms with Gasteiger partial charge in [0.2, 0.25) is 5.13 Å². The number of nitrogens with zero attached hydrogens (tertiary/aromatic N) is 6. The van der Waals surface area contributed by atoms with E-state index in [1.807, 2.05) is 4.90 Å². The molecule has 2 aliphatic heterocycles. The van der Waals surface area contributed by atoms with Crippen molar-refractivity contribution in [3.05, 3.63) is 29.8 Å². The Bertz CT molecular complexity index is 633. The average Bonchev–Trinajstić information content (AvgIpc) is 3.24. The van der Waals surface area contributed by atoms with E-state index in [0.29, 0.717) is 11.7 Å². The fourth-order valence-corrected chi connectivity index (χ4v) is 3.97. The number of anilines is 1. The molecule has 2 atom stereocenters. The number of amides is 1. The highest BCUT2D eigenvalue weighted by molar-refractivity contribution is 7.13. The molecule has 0 saturated carbocycles. The largest absolute Gasteiger partial charge is 0.341 e. The van der Waals surface area contributed by atoms with E-state index in [2.05, 4.69) is 25.1 Å². The van der Waals surface area contributed by atoms with Crippen LogP contribution in [0.15, 0.2) is 24.1 Å². The summed E-state index contributed by atoms with van der Waals surface area (Å²) in [7, 11) is 0. The van der Waals surface area contributed by atoms with Gasteiger partial charge in [-0.05, 0) is 12.8 Å². The maximum atomic E-state index is 12.6. The highest BCUT2D eigenvalue weighted by Gasteiger charge is 2.45. The Morgan fingerprint density at radius 1 is 1.24 bits per heavy atom. The summed E-state index contributed by atoms with van der Waals surface area (Å²) < 4.78 is 0. The molecule has 7 nitrogen and oxygen atoms in total. The fraction of sp³-hybridized carbons (Fsp3) is 0.462. The summed E-state index contributed by atoms with van der Waals surface area (Å²) in [4.78, 5) is 24.9. The molecular formula is C13H14N6OS. The lowest BCUT2D eigenvalue weighted by molar-refractivity contribution is 0.0731. The minimum atomic E-state index is -0.0188. The number of likely N-dealkylation sites (tertiary alicyclic amines) is 1. The molecule has 4 heterocycles. The minimum absolute atomic E-state index is 0.0188. The van der Waals surface area contributed by atoms with Crippen molar-refractivity contribution in [3.63, 3.8) is 0 Å². The summed E-state index contributed by atoms with van der Waals surface area (Å²) in [6, 6.07) is 0.585. The van der Waals surface area contributed by atoms with E-state index < -0.39 is 0 Å². The summed E-state index contributed by atoms with van der Waals surface area (Å²) in [6.07, 6.45) is 6.61. The zero-order valence-electron chi connectivity index (χ0n) is 11.3. The van der Waals surface area contributed by atoms with Crippen LogP contribution in [0.2, 0.25) is 0 Å². The first-order valence-corrected chi connectivity index (χ1v) is 7.82. The molecule has 0 spiro atoms. The summed E-state index contributed by atoms with van der Waals surface area (Å²) in [5.41, 5.74) is 2.17. The third-order valence-electron chi connectivity index (χ3n) is 4.21. The van der Waals surface area contributed by atoms with E-state index in [1.54, 1.807) is 29.2 Å².